The lowest BCUT2D eigenvalue weighted by Gasteiger charge is -2.15. The van der Waals surface area contributed by atoms with E-state index in [1.54, 1.807) is 7.05 Å². The van der Waals surface area contributed by atoms with Gasteiger partial charge in [-0.2, -0.15) is 9.40 Å². The zero-order valence-electron chi connectivity index (χ0n) is 8.21. The molecule has 1 aromatic heterocycles. The van der Waals surface area contributed by atoms with Gasteiger partial charge in [-0.05, 0) is 6.07 Å². The summed E-state index contributed by atoms with van der Waals surface area (Å²) in [5.74, 6) is 0. The van der Waals surface area contributed by atoms with E-state index in [1.165, 1.54) is 28.3 Å². The highest BCUT2D eigenvalue weighted by atomic mass is 32.2. The first-order valence-corrected chi connectivity index (χ1v) is 5.58. The number of hydrogen-bond donors (Lipinski definition) is 1. The van der Waals surface area contributed by atoms with E-state index in [9.17, 15) is 8.42 Å². The summed E-state index contributed by atoms with van der Waals surface area (Å²) in [6.45, 7) is 0.598. The minimum absolute atomic E-state index is 0.174. The van der Waals surface area contributed by atoms with Crippen molar-refractivity contribution in [3.63, 3.8) is 0 Å². The van der Waals surface area contributed by atoms with Gasteiger partial charge >= 0.3 is 0 Å². The van der Waals surface area contributed by atoms with Crippen LogP contribution >= 0.6 is 0 Å². The Morgan fingerprint density at radius 3 is 2.71 bits per heavy atom. The minimum Gasteiger partial charge on any atom is -0.329 e. The van der Waals surface area contributed by atoms with Crippen molar-refractivity contribution in [2.24, 2.45) is 12.8 Å². The molecule has 80 valence electrons. The summed E-state index contributed by atoms with van der Waals surface area (Å²) in [4.78, 5) is 0. The zero-order valence-corrected chi connectivity index (χ0v) is 9.03. The van der Waals surface area contributed by atoms with Crippen molar-refractivity contribution >= 4 is 10.0 Å². The molecule has 2 N–H and O–H groups in total. The Labute approximate surface area is 83.4 Å². The average Bonchev–Trinajstić information content (AvgIpc) is 2.52. The summed E-state index contributed by atoms with van der Waals surface area (Å²) in [6.07, 6.45) is 1.45. The van der Waals surface area contributed by atoms with Gasteiger partial charge in [0.15, 0.2) is 5.03 Å². The Hall–Kier alpha value is -0.920. The van der Waals surface area contributed by atoms with Crippen molar-refractivity contribution in [2.75, 3.05) is 20.1 Å². The van der Waals surface area contributed by atoms with Crippen LogP contribution in [0.25, 0.3) is 0 Å². The van der Waals surface area contributed by atoms with Crippen LogP contribution in [0.5, 0.6) is 0 Å². The van der Waals surface area contributed by atoms with Crippen LogP contribution in [-0.4, -0.2) is 42.6 Å². The molecule has 0 amide bonds. The third-order valence-electron chi connectivity index (χ3n) is 1.89. The van der Waals surface area contributed by atoms with Gasteiger partial charge in [0.1, 0.15) is 0 Å². The molecule has 1 aromatic rings. The molecule has 7 heteroatoms. The SMILES string of the molecule is CN(CCN)S(=O)(=O)c1ccnn1C. The van der Waals surface area contributed by atoms with E-state index in [2.05, 4.69) is 5.10 Å². The first-order valence-electron chi connectivity index (χ1n) is 4.14. The lowest BCUT2D eigenvalue weighted by atomic mass is 10.7. The molecule has 1 rings (SSSR count). The number of hydrogen-bond acceptors (Lipinski definition) is 4. The second-order valence-electron chi connectivity index (χ2n) is 2.91. The van der Waals surface area contributed by atoms with E-state index >= 15 is 0 Å². The van der Waals surface area contributed by atoms with Crippen LogP contribution in [0.15, 0.2) is 17.3 Å². The Balaban J connectivity index is 3.03. The summed E-state index contributed by atoms with van der Waals surface area (Å²) in [5.41, 5.74) is 5.29. The second kappa shape index (κ2) is 4.07. The number of rotatable bonds is 4. The van der Waals surface area contributed by atoms with E-state index in [0.29, 0.717) is 13.1 Å². The molecule has 0 aliphatic rings. The van der Waals surface area contributed by atoms with Gasteiger partial charge in [-0.1, -0.05) is 0 Å². The molecule has 1 heterocycles. The standard InChI is InChI=1S/C7H14N4O2S/c1-10(6-4-8)14(12,13)7-3-5-9-11(7)2/h3,5H,4,6,8H2,1-2H3. The number of aromatic nitrogens is 2. The fourth-order valence-electron chi connectivity index (χ4n) is 1.08. The van der Waals surface area contributed by atoms with Gasteiger partial charge in [0.2, 0.25) is 0 Å². The number of nitrogens with two attached hydrogens (primary N) is 1. The predicted octanol–water partition coefficient (Wildman–Crippen LogP) is -1.00. The van der Waals surface area contributed by atoms with E-state index in [4.69, 9.17) is 5.73 Å². The Morgan fingerprint density at radius 1 is 1.64 bits per heavy atom. The van der Waals surface area contributed by atoms with Crippen LogP contribution in [0.2, 0.25) is 0 Å². The molecule has 0 aliphatic heterocycles. The van der Waals surface area contributed by atoms with Crippen molar-refractivity contribution in [3.05, 3.63) is 12.3 Å². The predicted molar refractivity (Wildman–Crippen MR) is 52.1 cm³/mol. The van der Waals surface area contributed by atoms with Crippen molar-refractivity contribution < 1.29 is 8.42 Å². The number of aryl methyl sites for hydroxylation is 1. The highest BCUT2D eigenvalue weighted by Crippen LogP contribution is 2.11. The van der Waals surface area contributed by atoms with Crippen LogP contribution in [0.1, 0.15) is 0 Å². The molecule has 0 unspecified atom stereocenters. The maximum absolute atomic E-state index is 11.8. The zero-order chi connectivity index (χ0) is 10.8. The maximum atomic E-state index is 11.8. The third-order valence-corrected chi connectivity index (χ3v) is 3.83. The molecule has 0 saturated carbocycles. The normalized spacial score (nSPS) is 12.3. The van der Waals surface area contributed by atoms with Crippen molar-refractivity contribution in [3.8, 4) is 0 Å². The minimum atomic E-state index is -3.43. The number of sulfonamides is 1. The van der Waals surface area contributed by atoms with Gasteiger partial charge in [0, 0.05) is 27.2 Å². The van der Waals surface area contributed by atoms with Gasteiger partial charge in [0.05, 0.1) is 6.20 Å². The van der Waals surface area contributed by atoms with Gasteiger partial charge in [-0.3, -0.25) is 4.68 Å². The Bertz CT molecular complexity index is 398. The molecule has 0 aliphatic carbocycles. The molecule has 0 fully saturated rings. The van der Waals surface area contributed by atoms with Crippen molar-refractivity contribution in [1.82, 2.24) is 14.1 Å². The fourth-order valence-corrected chi connectivity index (χ4v) is 2.36. The van der Waals surface area contributed by atoms with Gasteiger partial charge in [0.25, 0.3) is 10.0 Å². The molecule has 0 aromatic carbocycles. The van der Waals surface area contributed by atoms with E-state index in [-0.39, 0.29) is 5.03 Å². The Kier molecular flexibility index (Phi) is 3.25. The summed E-state index contributed by atoms with van der Waals surface area (Å²) >= 11 is 0. The number of likely N-dealkylation sites (N-methyl/N-ethyl adjacent to an activating group) is 1. The molecule has 0 radical (unpaired) electrons. The van der Waals surface area contributed by atoms with E-state index in [0.717, 1.165) is 0 Å². The van der Waals surface area contributed by atoms with E-state index in [1.807, 2.05) is 0 Å². The molecule has 0 saturated heterocycles. The molecule has 0 atom stereocenters. The smallest absolute Gasteiger partial charge is 0.259 e. The molecule has 0 bridgehead atoms. The second-order valence-corrected chi connectivity index (χ2v) is 4.90. The van der Waals surface area contributed by atoms with Gasteiger partial charge in [-0.25, -0.2) is 8.42 Å². The summed E-state index contributed by atoms with van der Waals surface area (Å²) in [6, 6.07) is 1.46. The average molecular weight is 218 g/mol. The van der Waals surface area contributed by atoms with Gasteiger partial charge < -0.3 is 5.73 Å². The maximum Gasteiger partial charge on any atom is 0.259 e. The lowest BCUT2D eigenvalue weighted by Crippen LogP contribution is -2.32. The monoisotopic (exact) mass is 218 g/mol. The molecule has 6 nitrogen and oxygen atoms in total. The first kappa shape index (κ1) is 11.2. The van der Waals surface area contributed by atoms with Gasteiger partial charge in [-0.15, -0.1) is 0 Å². The first-order chi connectivity index (χ1) is 6.50. The van der Waals surface area contributed by atoms with Crippen LogP contribution in [0.3, 0.4) is 0 Å². The number of nitrogens with zero attached hydrogens (tertiary/aromatic N) is 3. The van der Waals surface area contributed by atoms with Crippen LogP contribution in [0.4, 0.5) is 0 Å². The summed E-state index contributed by atoms with van der Waals surface area (Å²) in [5, 5.41) is 3.98. The van der Waals surface area contributed by atoms with Crippen molar-refractivity contribution in [2.45, 2.75) is 5.03 Å². The summed E-state index contributed by atoms with van der Waals surface area (Å²) < 4.78 is 26.2. The molecule has 14 heavy (non-hydrogen) atoms. The van der Waals surface area contributed by atoms with Crippen LogP contribution < -0.4 is 5.73 Å². The van der Waals surface area contributed by atoms with Crippen molar-refractivity contribution in [1.29, 1.82) is 0 Å². The lowest BCUT2D eigenvalue weighted by molar-refractivity contribution is 0.467. The third kappa shape index (κ3) is 1.94. The quantitative estimate of drug-likeness (QED) is 0.702. The molecular formula is C7H14N4O2S. The van der Waals surface area contributed by atoms with Crippen LogP contribution in [-0.2, 0) is 17.1 Å². The topological polar surface area (TPSA) is 81.2 Å². The van der Waals surface area contributed by atoms with Crippen LogP contribution in [0, 0.1) is 0 Å². The highest BCUT2D eigenvalue weighted by Gasteiger charge is 2.22. The fraction of sp³-hybridized carbons (Fsp3) is 0.571. The largest absolute Gasteiger partial charge is 0.329 e. The molecular weight excluding hydrogens is 204 g/mol. The highest BCUT2D eigenvalue weighted by molar-refractivity contribution is 7.89. The van der Waals surface area contributed by atoms with E-state index < -0.39 is 10.0 Å². The Morgan fingerprint density at radius 2 is 2.29 bits per heavy atom. The summed E-state index contributed by atoms with van der Waals surface area (Å²) in [7, 11) is -0.353. The molecule has 0 spiro atoms.